The number of aryl methyl sites for hydroxylation is 1. The second kappa shape index (κ2) is 11.9. The Hall–Kier alpha value is -2.59. The Labute approximate surface area is 215 Å². The van der Waals surface area contributed by atoms with Crippen molar-refractivity contribution in [3.63, 3.8) is 0 Å². The molecular weight excluding hydrogens is 544 g/mol. The molecule has 1 aromatic carbocycles. The van der Waals surface area contributed by atoms with Crippen LogP contribution >= 0.6 is 27.3 Å². The molecule has 35 heavy (non-hydrogen) atoms. The number of nitrogens with zero attached hydrogens (tertiary/aromatic N) is 1. The summed E-state index contributed by atoms with van der Waals surface area (Å²) in [6.45, 7) is 4.02. The number of amides is 1. The van der Waals surface area contributed by atoms with E-state index in [0.717, 1.165) is 11.0 Å². The van der Waals surface area contributed by atoms with Gasteiger partial charge >= 0.3 is 18.0 Å². The highest BCUT2D eigenvalue weighted by Gasteiger charge is 2.39. The lowest BCUT2D eigenvalue weighted by Gasteiger charge is -2.33. The fourth-order valence-corrected chi connectivity index (χ4v) is 4.88. The van der Waals surface area contributed by atoms with E-state index in [4.69, 9.17) is 9.47 Å². The van der Waals surface area contributed by atoms with Crippen molar-refractivity contribution in [3.05, 3.63) is 68.3 Å². The van der Waals surface area contributed by atoms with Crippen LogP contribution < -0.4 is 0 Å². The molecule has 1 fully saturated rings. The molecule has 10 heteroatoms. The molecule has 1 saturated heterocycles. The van der Waals surface area contributed by atoms with Crippen LogP contribution in [0.2, 0.25) is 0 Å². The second-order valence-corrected chi connectivity index (χ2v) is 10.4. The molecule has 6 nitrogen and oxygen atoms in total. The molecule has 1 aliphatic heterocycles. The lowest BCUT2D eigenvalue weighted by Crippen LogP contribution is -2.45. The van der Waals surface area contributed by atoms with Crippen molar-refractivity contribution in [2.24, 2.45) is 0 Å². The lowest BCUT2D eigenvalue weighted by atomic mass is 10.0. The van der Waals surface area contributed by atoms with Crippen molar-refractivity contribution in [3.8, 4) is 0 Å². The zero-order valence-corrected chi connectivity index (χ0v) is 21.7. The summed E-state index contributed by atoms with van der Waals surface area (Å²) in [5.74, 6) is -5.41. The largest absolute Gasteiger partial charge is 0.459 e. The van der Waals surface area contributed by atoms with Gasteiger partial charge in [0.05, 0.1) is 18.8 Å². The summed E-state index contributed by atoms with van der Waals surface area (Å²) in [4.78, 5) is 39.5. The Morgan fingerprint density at radius 1 is 1.31 bits per heavy atom. The van der Waals surface area contributed by atoms with Gasteiger partial charge in [-0.3, -0.25) is 4.79 Å². The number of hydrogen-bond donors (Lipinski definition) is 0. The van der Waals surface area contributed by atoms with Crippen molar-refractivity contribution in [1.29, 1.82) is 0 Å². The number of carbonyl (C=O) groups excluding carboxylic acids is 3. The number of rotatable bonds is 10. The Morgan fingerprint density at radius 3 is 2.80 bits per heavy atom. The smallest absolute Gasteiger partial charge is 0.410 e. The predicted octanol–water partition coefficient (Wildman–Crippen LogP) is 6.14. The number of halogens is 3. The Balaban J connectivity index is 1.60. The maximum Gasteiger partial charge on any atom is 0.410 e. The SMILES string of the molecule is CC(C)OC(=O)c1ccc(CCCN2C(=O)OCC[C@@H]2/C=C/C(=O)C(F)(F)c2cccc(Br)c2)s1. The first-order valence-corrected chi connectivity index (χ1v) is 12.8. The van der Waals surface area contributed by atoms with Gasteiger partial charge in [-0.05, 0) is 57.0 Å². The van der Waals surface area contributed by atoms with Gasteiger partial charge in [0.25, 0.3) is 0 Å². The monoisotopic (exact) mass is 569 g/mol. The van der Waals surface area contributed by atoms with E-state index < -0.39 is 29.4 Å². The molecule has 0 bridgehead atoms. The summed E-state index contributed by atoms with van der Waals surface area (Å²) in [5, 5.41) is 0. The average molecular weight is 570 g/mol. The number of carbonyl (C=O) groups is 3. The molecule has 1 aromatic heterocycles. The fourth-order valence-electron chi connectivity index (χ4n) is 3.55. The van der Waals surface area contributed by atoms with Crippen LogP contribution in [0.25, 0.3) is 0 Å². The lowest BCUT2D eigenvalue weighted by molar-refractivity contribution is -0.139. The Kier molecular flexibility index (Phi) is 9.18. The van der Waals surface area contributed by atoms with Crippen LogP contribution in [0, 0.1) is 0 Å². The summed E-state index contributed by atoms with van der Waals surface area (Å²) >= 11 is 4.47. The summed E-state index contributed by atoms with van der Waals surface area (Å²) in [6.07, 6.45) is 3.01. The number of hydrogen-bond acceptors (Lipinski definition) is 6. The van der Waals surface area contributed by atoms with E-state index in [1.54, 1.807) is 26.0 Å². The van der Waals surface area contributed by atoms with Crippen LogP contribution in [0.1, 0.15) is 46.8 Å². The molecule has 0 radical (unpaired) electrons. The van der Waals surface area contributed by atoms with E-state index in [1.165, 1.54) is 40.5 Å². The number of ether oxygens (including phenoxy) is 2. The first kappa shape index (κ1) is 27.0. The van der Waals surface area contributed by atoms with Gasteiger partial charge in [-0.15, -0.1) is 11.3 Å². The highest BCUT2D eigenvalue weighted by Crippen LogP contribution is 2.31. The van der Waals surface area contributed by atoms with Gasteiger partial charge in [0, 0.05) is 27.9 Å². The van der Waals surface area contributed by atoms with Crippen molar-refractivity contribution in [2.45, 2.75) is 51.2 Å². The quantitative estimate of drug-likeness (QED) is 0.254. The van der Waals surface area contributed by atoms with Crippen LogP contribution in [-0.2, 0) is 26.6 Å². The molecule has 188 valence electrons. The van der Waals surface area contributed by atoms with Gasteiger partial charge < -0.3 is 14.4 Å². The maximum absolute atomic E-state index is 14.6. The number of benzene rings is 1. The second-order valence-electron chi connectivity index (χ2n) is 8.30. The Bertz CT molecular complexity index is 1100. The minimum atomic E-state index is -3.69. The number of thiophene rings is 1. The Morgan fingerprint density at radius 2 is 2.09 bits per heavy atom. The molecule has 0 spiro atoms. The minimum absolute atomic E-state index is 0.146. The third-order valence-electron chi connectivity index (χ3n) is 5.27. The molecule has 3 rings (SSSR count). The van der Waals surface area contributed by atoms with Crippen LogP contribution in [0.5, 0.6) is 0 Å². The molecule has 0 aliphatic carbocycles. The first-order valence-electron chi connectivity index (χ1n) is 11.2. The van der Waals surface area contributed by atoms with Crippen LogP contribution in [0.3, 0.4) is 0 Å². The molecule has 2 heterocycles. The van der Waals surface area contributed by atoms with Gasteiger partial charge in [0.2, 0.25) is 5.78 Å². The standard InChI is InChI=1S/C25H26BrF2NO5S/c1-16(2)34-23(31)21-10-9-20(35-21)7-4-13-29-19(12-14-33-24(29)32)8-11-22(30)25(27,28)17-5-3-6-18(26)15-17/h3,5-6,8-11,15-16,19H,4,7,12-14H2,1-2H3/b11-8+/t19-/m0/s1. The minimum Gasteiger partial charge on any atom is -0.459 e. The van der Waals surface area contributed by atoms with E-state index in [9.17, 15) is 23.2 Å². The predicted molar refractivity (Wildman–Crippen MR) is 132 cm³/mol. The van der Waals surface area contributed by atoms with E-state index in [0.29, 0.717) is 35.2 Å². The third kappa shape index (κ3) is 7.20. The topological polar surface area (TPSA) is 72.9 Å². The van der Waals surface area contributed by atoms with Crippen molar-refractivity contribution in [2.75, 3.05) is 13.2 Å². The zero-order valence-electron chi connectivity index (χ0n) is 19.3. The van der Waals surface area contributed by atoms with E-state index >= 15 is 0 Å². The molecular formula is C25H26BrF2NO5S. The van der Waals surface area contributed by atoms with Crippen molar-refractivity contribution in [1.82, 2.24) is 4.90 Å². The number of esters is 1. The molecule has 0 unspecified atom stereocenters. The van der Waals surface area contributed by atoms with Crippen LogP contribution in [0.15, 0.2) is 53.0 Å². The highest BCUT2D eigenvalue weighted by atomic mass is 79.9. The first-order chi connectivity index (χ1) is 16.6. The van der Waals surface area contributed by atoms with Gasteiger partial charge in [0.15, 0.2) is 0 Å². The van der Waals surface area contributed by atoms with Crippen LogP contribution in [-0.4, -0.2) is 48.0 Å². The van der Waals surface area contributed by atoms with Gasteiger partial charge in [-0.25, -0.2) is 9.59 Å². The highest BCUT2D eigenvalue weighted by molar-refractivity contribution is 9.10. The van der Waals surface area contributed by atoms with E-state index in [1.807, 2.05) is 6.07 Å². The van der Waals surface area contributed by atoms with E-state index in [-0.39, 0.29) is 18.7 Å². The molecule has 1 amide bonds. The molecule has 0 N–H and O–H groups in total. The van der Waals surface area contributed by atoms with Gasteiger partial charge in [-0.1, -0.05) is 34.1 Å². The fraction of sp³-hybridized carbons (Fsp3) is 0.400. The number of alkyl halides is 2. The number of allylic oxidation sites excluding steroid dienone is 1. The summed E-state index contributed by atoms with van der Waals surface area (Å²) < 4.78 is 40.0. The summed E-state index contributed by atoms with van der Waals surface area (Å²) in [7, 11) is 0. The number of ketones is 1. The number of cyclic esters (lactones) is 1. The molecule has 2 aromatic rings. The summed E-state index contributed by atoms with van der Waals surface area (Å²) in [5.41, 5.74) is -0.408. The zero-order chi connectivity index (χ0) is 25.6. The van der Waals surface area contributed by atoms with Crippen molar-refractivity contribution < 1.29 is 32.6 Å². The normalized spacial score (nSPS) is 16.6. The van der Waals surface area contributed by atoms with Crippen LogP contribution in [0.4, 0.5) is 13.6 Å². The molecule has 0 saturated carbocycles. The van der Waals surface area contributed by atoms with Gasteiger partial charge in [-0.2, -0.15) is 8.78 Å². The molecule has 1 aliphatic rings. The average Bonchev–Trinajstić information content (AvgIpc) is 3.27. The van der Waals surface area contributed by atoms with Gasteiger partial charge in [0.1, 0.15) is 4.88 Å². The summed E-state index contributed by atoms with van der Waals surface area (Å²) in [6, 6.07) is 8.46. The molecule has 1 atom stereocenters. The maximum atomic E-state index is 14.6. The van der Waals surface area contributed by atoms with E-state index in [2.05, 4.69) is 15.9 Å². The van der Waals surface area contributed by atoms with Crippen molar-refractivity contribution >= 4 is 45.1 Å². The third-order valence-corrected chi connectivity index (χ3v) is 6.89.